The maximum absolute atomic E-state index is 14.8. The van der Waals surface area contributed by atoms with Gasteiger partial charge in [0.05, 0.1) is 29.7 Å². The van der Waals surface area contributed by atoms with Gasteiger partial charge in [-0.2, -0.15) is 0 Å². The number of amides is 1. The third-order valence-corrected chi connectivity index (χ3v) is 8.78. The smallest absolute Gasteiger partial charge is 0.410 e. The first-order valence-corrected chi connectivity index (χ1v) is 14.7. The van der Waals surface area contributed by atoms with Crippen LogP contribution in [0.3, 0.4) is 0 Å². The number of hydrogen-bond donors (Lipinski definition) is 0. The Balaban J connectivity index is 2.15. The molecule has 11 heteroatoms. The van der Waals surface area contributed by atoms with Gasteiger partial charge in [0, 0.05) is 24.5 Å². The topological polar surface area (TPSA) is 91.4 Å². The Hall–Kier alpha value is -1.56. The van der Waals surface area contributed by atoms with Crippen LogP contribution < -0.4 is 4.74 Å². The molecule has 1 unspecified atom stereocenters. The lowest BCUT2D eigenvalue weighted by Crippen LogP contribution is -2.54. The second-order valence-electron chi connectivity index (χ2n) is 11.7. The van der Waals surface area contributed by atoms with Crippen LogP contribution in [0.5, 0.6) is 5.75 Å². The first kappa shape index (κ1) is 32.7. The summed E-state index contributed by atoms with van der Waals surface area (Å²) < 4.78 is 46.3. The number of methoxy groups -OCH3 is 1. The summed E-state index contributed by atoms with van der Waals surface area (Å²) in [4.78, 5) is 26.0. The van der Waals surface area contributed by atoms with Gasteiger partial charge < -0.3 is 23.7 Å². The van der Waals surface area contributed by atoms with Crippen molar-refractivity contribution in [3.05, 3.63) is 28.0 Å². The van der Waals surface area contributed by atoms with E-state index in [0.29, 0.717) is 19.6 Å². The fourth-order valence-electron chi connectivity index (χ4n) is 4.26. The number of halogens is 2. The number of esters is 1. The molecule has 216 valence electrons. The number of piperidine rings is 1. The van der Waals surface area contributed by atoms with Crippen molar-refractivity contribution in [1.29, 1.82) is 0 Å². The first-order chi connectivity index (χ1) is 17.4. The Bertz CT molecular complexity index is 952. The van der Waals surface area contributed by atoms with E-state index in [-0.39, 0.29) is 33.8 Å². The van der Waals surface area contributed by atoms with Crippen LogP contribution in [0.15, 0.2) is 16.6 Å². The van der Waals surface area contributed by atoms with Crippen LogP contribution >= 0.6 is 15.9 Å². The largest absolute Gasteiger partial charge is 0.597 e. The van der Waals surface area contributed by atoms with Crippen LogP contribution in [0.25, 0.3) is 0 Å². The lowest BCUT2D eigenvalue weighted by atomic mass is 9.90. The number of ether oxygens (including phenoxy) is 3. The SMILES string of the molecule is COC(=O)c1cc(F)c(O[C@@H](C)CN([C@@H](C)C2CCN(C(=O)OC(C)(C)C)CC2)[S+]([O-])C(C)(C)C)c(Br)c1. The molecule has 0 radical (unpaired) electrons. The van der Waals surface area contributed by atoms with Crippen molar-refractivity contribution < 1.29 is 32.7 Å². The summed E-state index contributed by atoms with van der Waals surface area (Å²) >= 11 is 1.93. The Kier molecular flexibility index (Phi) is 11.3. The lowest BCUT2D eigenvalue weighted by molar-refractivity contribution is 0.0152. The summed E-state index contributed by atoms with van der Waals surface area (Å²) in [5.74, 6) is -1.17. The molecule has 1 aliphatic rings. The second kappa shape index (κ2) is 13.2. The van der Waals surface area contributed by atoms with Gasteiger partial charge in [-0.15, -0.1) is 4.31 Å². The zero-order chi connectivity index (χ0) is 29.0. The van der Waals surface area contributed by atoms with Crippen LogP contribution in [0.1, 0.15) is 78.6 Å². The number of nitrogens with zero attached hydrogens (tertiary/aromatic N) is 2. The predicted octanol–water partition coefficient (Wildman–Crippen LogP) is 5.94. The molecule has 0 bridgehead atoms. The average molecular weight is 622 g/mol. The highest BCUT2D eigenvalue weighted by molar-refractivity contribution is 9.10. The third-order valence-electron chi connectivity index (χ3n) is 6.24. The van der Waals surface area contributed by atoms with Gasteiger partial charge >= 0.3 is 12.1 Å². The Morgan fingerprint density at radius 2 is 1.76 bits per heavy atom. The summed E-state index contributed by atoms with van der Waals surface area (Å²) in [7, 11) is 1.23. The molecule has 1 aromatic carbocycles. The van der Waals surface area contributed by atoms with Crippen molar-refractivity contribution in [2.45, 2.75) is 90.7 Å². The monoisotopic (exact) mass is 620 g/mol. The van der Waals surface area contributed by atoms with E-state index in [1.165, 1.54) is 13.2 Å². The molecule has 1 aliphatic heterocycles. The van der Waals surface area contributed by atoms with E-state index >= 15 is 0 Å². The molecule has 0 spiro atoms. The zero-order valence-electron chi connectivity index (χ0n) is 23.9. The number of carbonyl (C=O) groups excluding carboxylic acids is 2. The number of carbonyl (C=O) groups is 2. The molecule has 1 amide bonds. The van der Waals surface area contributed by atoms with E-state index in [1.807, 2.05) is 52.8 Å². The number of rotatable bonds is 8. The second-order valence-corrected chi connectivity index (χ2v) is 14.7. The van der Waals surface area contributed by atoms with E-state index in [1.54, 1.807) is 11.8 Å². The first-order valence-electron chi connectivity index (χ1n) is 12.8. The minimum atomic E-state index is -1.36. The van der Waals surface area contributed by atoms with E-state index in [9.17, 15) is 18.5 Å². The highest BCUT2D eigenvalue weighted by Gasteiger charge is 2.41. The third kappa shape index (κ3) is 8.99. The van der Waals surface area contributed by atoms with E-state index in [4.69, 9.17) is 9.47 Å². The van der Waals surface area contributed by atoms with Crippen LogP contribution in [-0.4, -0.2) is 75.1 Å². The minimum absolute atomic E-state index is 0.0232. The molecule has 0 saturated carbocycles. The summed E-state index contributed by atoms with van der Waals surface area (Å²) in [6, 6.07) is 2.45. The van der Waals surface area contributed by atoms with Crippen molar-refractivity contribution in [3.63, 3.8) is 0 Å². The van der Waals surface area contributed by atoms with Crippen molar-refractivity contribution in [3.8, 4) is 5.75 Å². The molecule has 1 aromatic rings. The molecule has 3 atom stereocenters. The molecule has 1 saturated heterocycles. The molecule has 0 aromatic heterocycles. The van der Waals surface area contributed by atoms with Gasteiger partial charge in [-0.25, -0.2) is 14.0 Å². The Morgan fingerprint density at radius 3 is 2.24 bits per heavy atom. The van der Waals surface area contributed by atoms with Gasteiger partial charge in [0.15, 0.2) is 11.6 Å². The molecule has 38 heavy (non-hydrogen) atoms. The number of benzene rings is 1. The number of hydrogen-bond acceptors (Lipinski definition) is 7. The Labute approximate surface area is 238 Å². The Morgan fingerprint density at radius 1 is 1.18 bits per heavy atom. The zero-order valence-corrected chi connectivity index (χ0v) is 26.3. The standard InChI is InChI=1S/C27H42BrFN2O6S/c1-17(36-23-21(28)14-20(15-22(23)29)24(32)35-9)16-31(38(34)27(6,7)8)18(2)19-10-12-30(13-11-19)25(33)37-26(3,4)5/h14-15,17-19H,10-13,16H2,1-9H3/t17-,18-,38?/m0/s1. The maximum Gasteiger partial charge on any atom is 0.410 e. The lowest BCUT2D eigenvalue weighted by Gasteiger charge is -2.42. The summed E-state index contributed by atoms with van der Waals surface area (Å²) in [5, 5.41) is 0. The molecule has 8 nitrogen and oxygen atoms in total. The molecule has 1 heterocycles. The van der Waals surface area contributed by atoms with E-state index < -0.39 is 39.6 Å². The average Bonchev–Trinajstić information content (AvgIpc) is 2.81. The summed E-state index contributed by atoms with van der Waals surface area (Å²) in [6.07, 6.45) is 0.678. The number of likely N-dealkylation sites (tertiary alicyclic amines) is 1. The van der Waals surface area contributed by atoms with E-state index in [0.717, 1.165) is 18.9 Å². The van der Waals surface area contributed by atoms with Crippen molar-refractivity contribution in [2.75, 3.05) is 26.7 Å². The van der Waals surface area contributed by atoms with Crippen LogP contribution in [0.4, 0.5) is 9.18 Å². The molecule has 2 rings (SSSR count). The fourth-order valence-corrected chi connectivity index (χ4v) is 6.32. The van der Waals surface area contributed by atoms with Gasteiger partial charge in [-0.3, -0.25) is 0 Å². The maximum atomic E-state index is 14.8. The summed E-state index contributed by atoms with van der Waals surface area (Å²) in [6.45, 7) is 16.6. The van der Waals surface area contributed by atoms with E-state index in [2.05, 4.69) is 20.7 Å². The molecule has 1 fully saturated rings. The molecular weight excluding hydrogens is 579 g/mol. The van der Waals surface area contributed by atoms with Crippen molar-refractivity contribution in [2.24, 2.45) is 5.92 Å². The molecule has 0 N–H and O–H groups in total. The van der Waals surface area contributed by atoms with Gasteiger partial charge in [0.2, 0.25) is 0 Å². The van der Waals surface area contributed by atoms with Crippen LogP contribution in [0, 0.1) is 11.7 Å². The predicted molar refractivity (Wildman–Crippen MR) is 150 cm³/mol. The van der Waals surface area contributed by atoms with Gasteiger partial charge in [-0.1, -0.05) is 0 Å². The normalized spacial score (nSPS) is 17.7. The van der Waals surface area contributed by atoms with Crippen molar-refractivity contribution >= 4 is 39.4 Å². The fraction of sp³-hybridized carbons (Fsp3) is 0.704. The molecular formula is C27H42BrFN2O6S. The van der Waals surface area contributed by atoms with Crippen molar-refractivity contribution in [1.82, 2.24) is 9.21 Å². The summed E-state index contributed by atoms with van der Waals surface area (Å²) in [5.41, 5.74) is -0.482. The minimum Gasteiger partial charge on any atom is -0.597 e. The van der Waals surface area contributed by atoms with Crippen LogP contribution in [-0.2, 0) is 20.8 Å². The van der Waals surface area contributed by atoms with Gasteiger partial charge in [0.1, 0.15) is 16.5 Å². The highest BCUT2D eigenvalue weighted by atomic mass is 79.9. The van der Waals surface area contributed by atoms with Gasteiger partial charge in [0.25, 0.3) is 0 Å². The van der Waals surface area contributed by atoms with Gasteiger partial charge in [-0.05, 0) is 102 Å². The highest BCUT2D eigenvalue weighted by Crippen LogP contribution is 2.33. The quantitative estimate of drug-likeness (QED) is 0.262. The molecule has 0 aliphatic carbocycles. The van der Waals surface area contributed by atoms with Crippen LogP contribution in [0.2, 0.25) is 0 Å².